The summed E-state index contributed by atoms with van der Waals surface area (Å²) in [4.78, 5) is 12.2. The maximum Gasteiger partial charge on any atom is 0.188 e. The fraction of sp³-hybridized carbons (Fsp3) is 0.500. The van der Waals surface area contributed by atoms with E-state index >= 15 is 0 Å². The van der Waals surface area contributed by atoms with Crippen LogP contribution < -0.4 is 0 Å². The van der Waals surface area contributed by atoms with Crippen LogP contribution in [0.5, 0.6) is 0 Å². The third-order valence-electron chi connectivity index (χ3n) is 3.59. The van der Waals surface area contributed by atoms with Crippen LogP contribution in [0.15, 0.2) is 35.2 Å². The van der Waals surface area contributed by atoms with Crippen LogP contribution in [0.3, 0.4) is 0 Å². The van der Waals surface area contributed by atoms with Gasteiger partial charge in [0.15, 0.2) is 15.6 Å². The van der Waals surface area contributed by atoms with Gasteiger partial charge < -0.3 is 0 Å². The molecule has 0 amide bonds. The first-order valence-corrected chi connectivity index (χ1v) is 7.69. The highest BCUT2D eigenvalue weighted by atomic mass is 32.2. The molecule has 18 heavy (non-hydrogen) atoms. The minimum absolute atomic E-state index is 0.0829. The van der Waals surface area contributed by atoms with Crippen LogP contribution in [0, 0.1) is 5.41 Å². The van der Waals surface area contributed by atoms with E-state index in [2.05, 4.69) is 0 Å². The summed E-state index contributed by atoms with van der Waals surface area (Å²) >= 11 is 0. The molecule has 1 aliphatic rings. The number of ketones is 1. The summed E-state index contributed by atoms with van der Waals surface area (Å²) in [6, 6.07) is 8.26. The van der Waals surface area contributed by atoms with Crippen molar-refractivity contribution in [2.75, 3.05) is 0 Å². The SMILES string of the molecule is CC1(C)CCC(=O)C(S(=O)(=O)c2ccccc2)C1. The molecule has 3 nitrogen and oxygen atoms in total. The van der Waals surface area contributed by atoms with Crippen LogP contribution in [-0.4, -0.2) is 19.5 Å². The molecule has 0 saturated heterocycles. The topological polar surface area (TPSA) is 51.2 Å². The number of Topliss-reactive ketones (excluding diaryl/α,β-unsaturated/α-hetero) is 1. The normalized spacial score (nSPS) is 23.9. The zero-order valence-corrected chi connectivity index (χ0v) is 11.5. The van der Waals surface area contributed by atoms with E-state index in [1.165, 1.54) is 0 Å². The molecular weight excluding hydrogens is 248 g/mol. The first-order valence-electron chi connectivity index (χ1n) is 6.15. The molecule has 0 aliphatic heterocycles. The molecule has 2 rings (SSSR count). The highest BCUT2D eigenvalue weighted by Gasteiger charge is 2.41. The highest BCUT2D eigenvalue weighted by molar-refractivity contribution is 7.92. The van der Waals surface area contributed by atoms with Crippen LogP contribution in [0.1, 0.15) is 33.1 Å². The Morgan fingerprint density at radius 3 is 2.39 bits per heavy atom. The van der Waals surface area contributed by atoms with Crippen molar-refractivity contribution in [2.45, 2.75) is 43.3 Å². The minimum Gasteiger partial charge on any atom is -0.298 e. The molecule has 1 saturated carbocycles. The van der Waals surface area contributed by atoms with Gasteiger partial charge in [0.05, 0.1) is 4.90 Å². The van der Waals surface area contributed by atoms with E-state index in [-0.39, 0.29) is 16.1 Å². The van der Waals surface area contributed by atoms with Crippen molar-refractivity contribution >= 4 is 15.6 Å². The molecular formula is C14H18O3S. The third kappa shape index (κ3) is 2.48. The summed E-state index contributed by atoms with van der Waals surface area (Å²) in [5.41, 5.74) is -0.0829. The quantitative estimate of drug-likeness (QED) is 0.826. The Balaban J connectivity index is 2.38. The zero-order chi connectivity index (χ0) is 13.4. The van der Waals surface area contributed by atoms with Crippen molar-refractivity contribution in [3.63, 3.8) is 0 Å². The molecule has 0 N–H and O–H groups in total. The Kier molecular flexibility index (Phi) is 3.32. The Hall–Kier alpha value is -1.16. The average Bonchev–Trinajstić information content (AvgIpc) is 2.33. The van der Waals surface area contributed by atoms with Crippen molar-refractivity contribution in [1.82, 2.24) is 0 Å². The van der Waals surface area contributed by atoms with Crippen LogP contribution >= 0.6 is 0 Å². The van der Waals surface area contributed by atoms with Gasteiger partial charge in [0.1, 0.15) is 5.25 Å². The lowest BCUT2D eigenvalue weighted by Crippen LogP contribution is -2.39. The number of hydrogen-bond donors (Lipinski definition) is 0. The monoisotopic (exact) mass is 266 g/mol. The van der Waals surface area contributed by atoms with Crippen LogP contribution in [0.25, 0.3) is 0 Å². The lowest BCUT2D eigenvalue weighted by molar-refractivity contribution is -0.121. The molecule has 0 bridgehead atoms. The van der Waals surface area contributed by atoms with Crippen LogP contribution in [0.2, 0.25) is 0 Å². The first-order chi connectivity index (χ1) is 8.33. The van der Waals surface area contributed by atoms with E-state index < -0.39 is 15.1 Å². The van der Waals surface area contributed by atoms with E-state index in [4.69, 9.17) is 0 Å². The molecule has 1 aromatic rings. The first kappa shape index (κ1) is 13.3. The van der Waals surface area contributed by atoms with Gasteiger partial charge in [-0.1, -0.05) is 32.0 Å². The number of sulfone groups is 1. The molecule has 4 heteroatoms. The van der Waals surface area contributed by atoms with Crippen LogP contribution in [0.4, 0.5) is 0 Å². The number of rotatable bonds is 2. The standard InChI is InChI=1S/C14H18O3S/c1-14(2)9-8-12(15)13(10-14)18(16,17)11-6-4-3-5-7-11/h3-7,13H,8-10H2,1-2H3. The largest absolute Gasteiger partial charge is 0.298 e. The molecule has 0 radical (unpaired) electrons. The fourth-order valence-corrected chi connectivity index (χ4v) is 4.40. The molecule has 1 fully saturated rings. The zero-order valence-electron chi connectivity index (χ0n) is 10.7. The van der Waals surface area contributed by atoms with Gasteiger partial charge in [-0.05, 0) is 30.4 Å². The van der Waals surface area contributed by atoms with Gasteiger partial charge in [-0.25, -0.2) is 8.42 Å². The Bertz CT molecular complexity index is 544. The maximum atomic E-state index is 12.5. The second-order valence-corrected chi connectivity index (χ2v) is 7.81. The van der Waals surface area contributed by atoms with Gasteiger partial charge in [0, 0.05) is 6.42 Å². The summed E-state index contributed by atoms with van der Waals surface area (Å²) in [7, 11) is -3.53. The summed E-state index contributed by atoms with van der Waals surface area (Å²) in [5.74, 6) is -0.141. The number of carbonyl (C=O) groups is 1. The van der Waals surface area contributed by atoms with Gasteiger partial charge >= 0.3 is 0 Å². The average molecular weight is 266 g/mol. The second-order valence-electron chi connectivity index (χ2n) is 5.68. The van der Waals surface area contributed by atoms with E-state index in [0.29, 0.717) is 12.8 Å². The fourth-order valence-electron chi connectivity index (χ4n) is 2.40. The highest BCUT2D eigenvalue weighted by Crippen LogP contribution is 2.37. The summed E-state index contributed by atoms with van der Waals surface area (Å²) in [6.45, 7) is 4.04. The van der Waals surface area contributed by atoms with E-state index in [1.807, 2.05) is 13.8 Å². The van der Waals surface area contributed by atoms with Crippen LogP contribution in [-0.2, 0) is 14.6 Å². The number of benzene rings is 1. The van der Waals surface area contributed by atoms with E-state index in [9.17, 15) is 13.2 Å². The number of carbonyl (C=O) groups excluding carboxylic acids is 1. The molecule has 0 heterocycles. The van der Waals surface area contributed by atoms with Gasteiger partial charge in [0.2, 0.25) is 0 Å². The van der Waals surface area contributed by atoms with Crippen molar-refractivity contribution in [3.05, 3.63) is 30.3 Å². The second kappa shape index (κ2) is 4.50. The number of hydrogen-bond acceptors (Lipinski definition) is 3. The molecule has 0 aromatic heterocycles. The smallest absolute Gasteiger partial charge is 0.188 e. The lowest BCUT2D eigenvalue weighted by atomic mass is 9.77. The van der Waals surface area contributed by atoms with E-state index in [1.54, 1.807) is 30.3 Å². The maximum absolute atomic E-state index is 12.5. The molecule has 1 aliphatic carbocycles. The summed E-state index contributed by atoms with van der Waals surface area (Å²) in [5, 5.41) is -0.872. The summed E-state index contributed by atoms with van der Waals surface area (Å²) < 4.78 is 24.9. The van der Waals surface area contributed by atoms with Gasteiger partial charge in [-0.3, -0.25) is 4.79 Å². The minimum atomic E-state index is -3.53. The van der Waals surface area contributed by atoms with E-state index in [0.717, 1.165) is 6.42 Å². The molecule has 98 valence electrons. The van der Waals surface area contributed by atoms with Crippen molar-refractivity contribution in [2.24, 2.45) is 5.41 Å². The molecule has 0 spiro atoms. The molecule has 1 atom stereocenters. The Morgan fingerprint density at radius 2 is 1.78 bits per heavy atom. The van der Waals surface area contributed by atoms with Crippen molar-refractivity contribution in [3.8, 4) is 0 Å². The van der Waals surface area contributed by atoms with Crippen molar-refractivity contribution in [1.29, 1.82) is 0 Å². The van der Waals surface area contributed by atoms with Gasteiger partial charge in [-0.15, -0.1) is 0 Å². The molecule has 1 aromatic carbocycles. The predicted octanol–water partition coefficient (Wildman–Crippen LogP) is 2.61. The third-order valence-corrected chi connectivity index (χ3v) is 5.70. The van der Waals surface area contributed by atoms with Crippen molar-refractivity contribution < 1.29 is 13.2 Å². The Morgan fingerprint density at radius 1 is 1.17 bits per heavy atom. The lowest BCUT2D eigenvalue weighted by Gasteiger charge is -2.33. The van der Waals surface area contributed by atoms with Gasteiger partial charge in [0.25, 0.3) is 0 Å². The Labute approximate surface area is 108 Å². The molecule has 1 unspecified atom stereocenters. The van der Waals surface area contributed by atoms with Gasteiger partial charge in [-0.2, -0.15) is 0 Å². The predicted molar refractivity (Wildman–Crippen MR) is 70.1 cm³/mol. The summed E-state index contributed by atoms with van der Waals surface area (Å²) in [6.07, 6.45) is 1.55.